The Morgan fingerprint density at radius 3 is 2.11 bits per heavy atom. The molecule has 1 heterocycles. The zero-order valence-electron chi connectivity index (χ0n) is 19.5. The van der Waals surface area contributed by atoms with Gasteiger partial charge in [-0.15, -0.1) is 0 Å². The highest BCUT2D eigenvalue weighted by Gasteiger charge is 2.35. The lowest BCUT2D eigenvalue weighted by atomic mass is 9.82. The summed E-state index contributed by atoms with van der Waals surface area (Å²) in [4.78, 5) is 15.4. The van der Waals surface area contributed by atoms with Gasteiger partial charge in [0.25, 0.3) is 0 Å². The van der Waals surface area contributed by atoms with Crippen LogP contribution >= 0.6 is 0 Å². The zero-order chi connectivity index (χ0) is 21.7. The molecule has 1 atom stereocenters. The summed E-state index contributed by atoms with van der Waals surface area (Å²) < 4.78 is 11.8. The number of nitrogens with zero attached hydrogens (tertiary/aromatic N) is 1. The van der Waals surface area contributed by atoms with Gasteiger partial charge in [-0.25, -0.2) is 4.79 Å². The predicted molar refractivity (Wildman–Crippen MR) is 117 cm³/mol. The summed E-state index contributed by atoms with van der Waals surface area (Å²) >= 11 is 0. The van der Waals surface area contributed by atoms with E-state index in [1.807, 2.05) is 54.5 Å². The van der Waals surface area contributed by atoms with Gasteiger partial charge in [-0.3, -0.25) is 0 Å². The number of esters is 1. The average molecular weight is 392 g/mol. The minimum Gasteiger partial charge on any atom is -0.461 e. The highest BCUT2D eigenvalue weighted by atomic mass is 16.6. The van der Waals surface area contributed by atoms with Crippen molar-refractivity contribution in [1.82, 2.24) is 4.90 Å². The monoisotopic (exact) mass is 391 g/mol. The molecule has 0 aliphatic carbocycles. The molecular weight excluding hydrogens is 350 g/mol. The van der Waals surface area contributed by atoms with Crippen LogP contribution in [0.3, 0.4) is 0 Å². The highest BCUT2D eigenvalue weighted by Crippen LogP contribution is 2.34. The van der Waals surface area contributed by atoms with Crippen molar-refractivity contribution in [2.75, 3.05) is 13.1 Å². The van der Waals surface area contributed by atoms with Gasteiger partial charge < -0.3 is 14.4 Å². The van der Waals surface area contributed by atoms with E-state index in [1.165, 1.54) is 0 Å². The van der Waals surface area contributed by atoms with Gasteiger partial charge in [0.15, 0.2) is 6.10 Å². The molecule has 0 aromatic rings. The molecule has 1 rings (SSSR count). The lowest BCUT2D eigenvalue weighted by molar-refractivity contribution is -0.166. The Labute approximate surface area is 172 Å². The molecule has 4 heteroatoms. The summed E-state index contributed by atoms with van der Waals surface area (Å²) in [5.41, 5.74) is 2.51. The summed E-state index contributed by atoms with van der Waals surface area (Å²) in [5.74, 6) is -0.359. The molecule has 0 N–H and O–H groups in total. The number of allylic oxidation sites excluding steroid dienone is 2. The lowest BCUT2D eigenvalue weighted by Crippen LogP contribution is -2.41. The highest BCUT2D eigenvalue weighted by molar-refractivity contribution is 5.80. The SMILES string of the molecule is C=C(C)/C(=C(\C=CC)N1CCC(C)(C)CC1)[C@H](OC(C)(C)C)C(=O)OC(C)C. The molecular formula is C24H41NO3. The Morgan fingerprint density at radius 2 is 1.71 bits per heavy atom. The Hall–Kier alpha value is -1.55. The molecule has 28 heavy (non-hydrogen) atoms. The number of piperidine rings is 1. The van der Waals surface area contributed by atoms with Crippen molar-refractivity contribution in [2.24, 2.45) is 5.41 Å². The van der Waals surface area contributed by atoms with Crippen LogP contribution in [0, 0.1) is 5.41 Å². The molecule has 0 spiro atoms. The van der Waals surface area contributed by atoms with Gasteiger partial charge in [0, 0.05) is 24.4 Å². The van der Waals surface area contributed by atoms with Crippen LogP contribution in [0.1, 0.15) is 75.2 Å². The Bertz CT molecular complexity index is 610. The fraction of sp³-hybridized carbons (Fsp3) is 0.708. The Morgan fingerprint density at radius 1 is 1.18 bits per heavy atom. The van der Waals surface area contributed by atoms with Gasteiger partial charge in [-0.1, -0.05) is 26.5 Å². The number of rotatable bonds is 7. The first-order chi connectivity index (χ1) is 12.8. The van der Waals surface area contributed by atoms with E-state index in [0.29, 0.717) is 5.41 Å². The molecule has 1 aliphatic rings. The first-order valence-corrected chi connectivity index (χ1v) is 10.4. The summed E-state index contributed by atoms with van der Waals surface area (Å²) in [7, 11) is 0. The van der Waals surface area contributed by atoms with Crippen LogP contribution in [0.2, 0.25) is 0 Å². The van der Waals surface area contributed by atoms with Crippen molar-refractivity contribution in [3.63, 3.8) is 0 Å². The van der Waals surface area contributed by atoms with E-state index >= 15 is 0 Å². The summed E-state index contributed by atoms with van der Waals surface area (Å²) in [6.45, 7) is 24.2. The van der Waals surface area contributed by atoms with E-state index in [0.717, 1.165) is 42.8 Å². The van der Waals surface area contributed by atoms with Crippen LogP contribution in [-0.2, 0) is 14.3 Å². The van der Waals surface area contributed by atoms with E-state index in [9.17, 15) is 4.79 Å². The van der Waals surface area contributed by atoms with Crippen LogP contribution in [0.4, 0.5) is 0 Å². The van der Waals surface area contributed by atoms with E-state index in [4.69, 9.17) is 9.47 Å². The summed E-state index contributed by atoms with van der Waals surface area (Å²) in [6.07, 6.45) is 5.30. The molecule has 160 valence electrons. The van der Waals surface area contributed by atoms with Crippen molar-refractivity contribution in [3.05, 3.63) is 35.6 Å². The quantitative estimate of drug-likeness (QED) is 0.415. The molecule has 0 amide bonds. The first-order valence-electron chi connectivity index (χ1n) is 10.4. The second-order valence-corrected chi connectivity index (χ2v) is 9.83. The van der Waals surface area contributed by atoms with Gasteiger partial charge in [0.1, 0.15) is 0 Å². The fourth-order valence-electron chi connectivity index (χ4n) is 3.33. The van der Waals surface area contributed by atoms with Crippen molar-refractivity contribution in [1.29, 1.82) is 0 Å². The van der Waals surface area contributed by atoms with Gasteiger partial charge in [-0.05, 0) is 78.4 Å². The largest absolute Gasteiger partial charge is 0.461 e. The number of carbonyl (C=O) groups excluding carboxylic acids is 1. The Balaban J connectivity index is 3.47. The average Bonchev–Trinajstić information content (AvgIpc) is 2.51. The molecule has 0 bridgehead atoms. The van der Waals surface area contributed by atoms with E-state index in [1.54, 1.807) is 0 Å². The summed E-state index contributed by atoms with van der Waals surface area (Å²) in [6, 6.07) is 0. The molecule has 1 fully saturated rings. The van der Waals surface area contributed by atoms with Gasteiger partial charge in [-0.2, -0.15) is 0 Å². The molecule has 0 aromatic carbocycles. The maximum atomic E-state index is 13.0. The van der Waals surface area contributed by atoms with Crippen LogP contribution in [0.5, 0.6) is 0 Å². The second-order valence-electron chi connectivity index (χ2n) is 9.83. The number of likely N-dealkylation sites (tertiary alicyclic amines) is 1. The molecule has 0 saturated carbocycles. The standard InChI is InChI=1S/C24H41NO3/c1-11-12-19(25-15-13-24(9,10)14-16-25)20(17(2)3)21(28-23(6,7)8)22(26)27-18(4)5/h11-12,18,21H,2,13-16H2,1,3-10H3/b12-11?,20-19-/t21-/m0/s1. The van der Waals surface area contributed by atoms with E-state index in [-0.39, 0.29) is 12.1 Å². The van der Waals surface area contributed by atoms with E-state index in [2.05, 4.69) is 31.4 Å². The number of hydrogen-bond acceptors (Lipinski definition) is 4. The molecule has 0 unspecified atom stereocenters. The van der Waals surface area contributed by atoms with Crippen molar-refractivity contribution in [3.8, 4) is 0 Å². The van der Waals surface area contributed by atoms with Gasteiger partial charge in [0.2, 0.25) is 0 Å². The van der Waals surface area contributed by atoms with Crippen LogP contribution in [0.15, 0.2) is 35.6 Å². The van der Waals surface area contributed by atoms with Crippen molar-refractivity contribution in [2.45, 2.75) is 93.0 Å². The third-order valence-corrected chi connectivity index (χ3v) is 4.82. The normalized spacial score (nSPS) is 19.6. The number of carbonyl (C=O) groups is 1. The molecule has 0 radical (unpaired) electrons. The van der Waals surface area contributed by atoms with Gasteiger partial charge in [0.05, 0.1) is 11.7 Å². The summed E-state index contributed by atoms with van der Waals surface area (Å²) in [5, 5.41) is 0. The van der Waals surface area contributed by atoms with Crippen molar-refractivity contribution < 1.29 is 14.3 Å². The minimum absolute atomic E-state index is 0.203. The van der Waals surface area contributed by atoms with Gasteiger partial charge >= 0.3 is 5.97 Å². The third kappa shape index (κ3) is 7.46. The minimum atomic E-state index is -0.805. The molecule has 0 aromatic heterocycles. The maximum absolute atomic E-state index is 13.0. The van der Waals surface area contributed by atoms with Crippen molar-refractivity contribution >= 4 is 5.97 Å². The molecule has 1 saturated heterocycles. The smallest absolute Gasteiger partial charge is 0.340 e. The van der Waals surface area contributed by atoms with Crippen LogP contribution < -0.4 is 0 Å². The number of ether oxygens (including phenoxy) is 2. The topological polar surface area (TPSA) is 38.8 Å². The lowest BCUT2D eigenvalue weighted by Gasteiger charge is -2.40. The first kappa shape index (κ1) is 24.5. The van der Waals surface area contributed by atoms with Crippen LogP contribution in [0.25, 0.3) is 0 Å². The number of hydrogen-bond donors (Lipinski definition) is 0. The Kier molecular flexibility index (Phi) is 8.55. The zero-order valence-corrected chi connectivity index (χ0v) is 19.5. The molecule has 4 nitrogen and oxygen atoms in total. The predicted octanol–water partition coefficient (Wildman–Crippen LogP) is 5.65. The van der Waals surface area contributed by atoms with E-state index < -0.39 is 11.7 Å². The second kappa shape index (κ2) is 9.78. The third-order valence-electron chi connectivity index (χ3n) is 4.82. The molecule has 1 aliphatic heterocycles. The maximum Gasteiger partial charge on any atom is 0.340 e. The fourth-order valence-corrected chi connectivity index (χ4v) is 3.33. The van der Waals surface area contributed by atoms with Crippen LogP contribution in [-0.4, -0.2) is 41.8 Å².